The van der Waals surface area contributed by atoms with Crippen molar-refractivity contribution in [3.8, 4) is 0 Å². The second-order valence-electron chi connectivity index (χ2n) is 5.58. The molecule has 1 aliphatic rings. The molecule has 1 aliphatic heterocycles. The molecule has 0 saturated carbocycles. The molecule has 19 heavy (non-hydrogen) atoms. The van der Waals surface area contributed by atoms with Gasteiger partial charge in [0.2, 0.25) is 0 Å². The predicted molar refractivity (Wildman–Crippen MR) is 81.1 cm³/mol. The molecule has 0 radical (unpaired) electrons. The summed E-state index contributed by atoms with van der Waals surface area (Å²) in [4.78, 5) is 5.10. The van der Waals surface area contributed by atoms with E-state index in [1.165, 1.54) is 31.7 Å². The molecule has 2 rings (SSSR count). The van der Waals surface area contributed by atoms with Crippen molar-refractivity contribution in [1.82, 2.24) is 9.80 Å². The minimum absolute atomic E-state index is 0.167. The van der Waals surface area contributed by atoms with E-state index in [0.717, 1.165) is 13.0 Å². The number of likely N-dealkylation sites (N-methyl/N-ethyl adjacent to an activating group) is 1. The molecule has 2 N–H and O–H groups in total. The fraction of sp³-hybridized carbons (Fsp3) is 0.625. The summed E-state index contributed by atoms with van der Waals surface area (Å²) >= 11 is 0. The average molecular weight is 261 g/mol. The Bertz CT molecular complexity index is 366. The van der Waals surface area contributed by atoms with Gasteiger partial charge in [-0.25, -0.2) is 0 Å². The van der Waals surface area contributed by atoms with Crippen molar-refractivity contribution in [2.75, 3.05) is 32.7 Å². The minimum Gasteiger partial charge on any atom is -0.324 e. The maximum Gasteiger partial charge on any atom is 0.0307 e. The average Bonchev–Trinajstić information content (AvgIpc) is 2.46. The molecule has 0 aromatic heterocycles. The van der Waals surface area contributed by atoms with Gasteiger partial charge in [0.05, 0.1) is 0 Å². The second kappa shape index (κ2) is 7.04. The van der Waals surface area contributed by atoms with Crippen LogP contribution in [-0.2, 0) is 0 Å². The van der Waals surface area contributed by atoms with Gasteiger partial charge in [-0.3, -0.25) is 4.90 Å². The Hall–Kier alpha value is -0.900. The monoisotopic (exact) mass is 261 g/mol. The molecule has 1 heterocycles. The summed E-state index contributed by atoms with van der Waals surface area (Å²) in [5, 5.41) is 0. The van der Waals surface area contributed by atoms with Crippen LogP contribution in [0, 0.1) is 0 Å². The van der Waals surface area contributed by atoms with Crippen LogP contribution in [0.1, 0.15) is 31.9 Å². The van der Waals surface area contributed by atoms with E-state index >= 15 is 0 Å². The summed E-state index contributed by atoms with van der Waals surface area (Å²) in [5.41, 5.74) is 7.52. The lowest BCUT2D eigenvalue weighted by Gasteiger charge is -2.39. The first-order valence-electron chi connectivity index (χ1n) is 7.47. The van der Waals surface area contributed by atoms with Gasteiger partial charge >= 0.3 is 0 Å². The maximum absolute atomic E-state index is 6.26. The van der Waals surface area contributed by atoms with Crippen LogP contribution in [0.15, 0.2) is 30.3 Å². The summed E-state index contributed by atoms with van der Waals surface area (Å²) in [6, 6.07) is 11.3. The largest absolute Gasteiger partial charge is 0.324 e. The number of nitrogens with zero attached hydrogens (tertiary/aromatic N) is 2. The number of rotatable bonds is 5. The van der Waals surface area contributed by atoms with Crippen LogP contribution in [0.3, 0.4) is 0 Å². The van der Waals surface area contributed by atoms with Crippen LogP contribution in [0.4, 0.5) is 0 Å². The summed E-state index contributed by atoms with van der Waals surface area (Å²) in [6.45, 7) is 10.4. The van der Waals surface area contributed by atoms with Crippen LogP contribution >= 0.6 is 0 Å². The molecule has 3 heteroatoms. The Morgan fingerprint density at radius 3 is 2.63 bits per heavy atom. The molecule has 1 saturated heterocycles. The zero-order valence-corrected chi connectivity index (χ0v) is 12.3. The van der Waals surface area contributed by atoms with Crippen molar-refractivity contribution < 1.29 is 0 Å². The van der Waals surface area contributed by atoms with Gasteiger partial charge in [0.1, 0.15) is 0 Å². The third-order valence-electron chi connectivity index (χ3n) is 4.24. The van der Waals surface area contributed by atoms with E-state index in [-0.39, 0.29) is 6.04 Å². The maximum atomic E-state index is 6.26. The van der Waals surface area contributed by atoms with Crippen molar-refractivity contribution in [2.24, 2.45) is 5.73 Å². The molecule has 0 aliphatic carbocycles. The fourth-order valence-electron chi connectivity index (χ4n) is 2.93. The lowest BCUT2D eigenvalue weighted by atomic mass is 10.0. The Morgan fingerprint density at radius 2 is 2.00 bits per heavy atom. The van der Waals surface area contributed by atoms with Gasteiger partial charge < -0.3 is 10.6 Å². The highest BCUT2D eigenvalue weighted by atomic mass is 15.3. The van der Waals surface area contributed by atoms with E-state index in [0.29, 0.717) is 6.04 Å². The Labute approximate surface area is 117 Å². The SMILES string of the molecule is CCN1CCN(CCC(N)c2ccccc2)CC1C. The minimum atomic E-state index is 0.167. The lowest BCUT2D eigenvalue weighted by molar-refractivity contribution is 0.0861. The molecule has 0 bridgehead atoms. The summed E-state index contributed by atoms with van der Waals surface area (Å²) in [7, 11) is 0. The highest BCUT2D eigenvalue weighted by Crippen LogP contribution is 2.15. The van der Waals surface area contributed by atoms with Gasteiger partial charge in [-0.15, -0.1) is 0 Å². The van der Waals surface area contributed by atoms with Gasteiger partial charge in [-0.05, 0) is 25.5 Å². The van der Waals surface area contributed by atoms with E-state index in [2.05, 4.69) is 47.9 Å². The van der Waals surface area contributed by atoms with Crippen LogP contribution in [-0.4, -0.2) is 48.6 Å². The van der Waals surface area contributed by atoms with Crippen molar-refractivity contribution in [3.05, 3.63) is 35.9 Å². The molecule has 1 aromatic rings. The highest BCUT2D eigenvalue weighted by molar-refractivity contribution is 5.18. The fourth-order valence-corrected chi connectivity index (χ4v) is 2.93. The molecule has 0 amide bonds. The normalized spacial score (nSPS) is 23.4. The first-order chi connectivity index (χ1) is 9.20. The van der Waals surface area contributed by atoms with E-state index < -0.39 is 0 Å². The van der Waals surface area contributed by atoms with Crippen molar-refractivity contribution in [3.63, 3.8) is 0 Å². The smallest absolute Gasteiger partial charge is 0.0307 e. The second-order valence-corrected chi connectivity index (χ2v) is 5.58. The lowest BCUT2D eigenvalue weighted by Crippen LogP contribution is -2.51. The third-order valence-corrected chi connectivity index (χ3v) is 4.24. The van der Waals surface area contributed by atoms with Gasteiger partial charge in [0, 0.05) is 38.3 Å². The molecular formula is C16H27N3. The van der Waals surface area contributed by atoms with Crippen molar-refractivity contribution in [1.29, 1.82) is 0 Å². The molecule has 2 unspecified atom stereocenters. The molecule has 106 valence electrons. The number of hydrogen-bond acceptors (Lipinski definition) is 3. The first-order valence-corrected chi connectivity index (χ1v) is 7.47. The Balaban J connectivity index is 1.77. The van der Waals surface area contributed by atoms with Gasteiger partial charge in [-0.1, -0.05) is 37.3 Å². The van der Waals surface area contributed by atoms with Crippen LogP contribution < -0.4 is 5.73 Å². The van der Waals surface area contributed by atoms with E-state index in [1.807, 2.05) is 6.07 Å². The van der Waals surface area contributed by atoms with Gasteiger partial charge in [0.25, 0.3) is 0 Å². The predicted octanol–water partition coefficient (Wildman–Crippen LogP) is 2.10. The molecular weight excluding hydrogens is 234 g/mol. The third kappa shape index (κ3) is 4.03. The number of benzene rings is 1. The van der Waals surface area contributed by atoms with Gasteiger partial charge in [-0.2, -0.15) is 0 Å². The quantitative estimate of drug-likeness (QED) is 0.881. The van der Waals surface area contributed by atoms with Gasteiger partial charge in [0.15, 0.2) is 0 Å². The molecule has 0 spiro atoms. The van der Waals surface area contributed by atoms with E-state index in [1.54, 1.807) is 0 Å². The van der Waals surface area contributed by atoms with Crippen LogP contribution in [0.2, 0.25) is 0 Å². The van der Waals surface area contributed by atoms with Crippen molar-refractivity contribution in [2.45, 2.75) is 32.4 Å². The van der Waals surface area contributed by atoms with E-state index in [4.69, 9.17) is 5.73 Å². The van der Waals surface area contributed by atoms with E-state index in [9.17, 15) is 0 Å². The summed E-state index contributed by atoms with van der Waals surface area (Å²) in [6.07, 6.45) is 1.04. The summed E-state index contributed by atoms with van der Waals surface area (Å²) in [5.74, 6) is 0. The molecule has 1 fully saturated rings. The Kier molecular flexibility index (Phi) is 5.37. The standard InChI is InChI=1S/C16H27N3/c1-3-19-12-11-18(13-14(19)2)10-9-16(17)15-7-5-4-6-8-15/h4-8,14,16H,3,9-13,17H2,1-2H3. The Morgan fingerprint density at radius 1 is 1.26 bits per heavy atom. The molecule has 1 aromatic carbocycles. The zero-order valence-electron chi connectivity index (χ0n) is 12.3. The molecule has 3 nitrogen and oxygen atoms in total. The first kappa shape index (κ1) is 14.5. The number of hydrogen-bond donors (Lipinski definition) is 1. The van der Waals surface area contributed by atoms with Crippen LogP contribution in [0.25, 0.3) is 0 Å². The number of nitrogens with two attached hydrogens (primary N) is 1. The summed E-state index contributed by atoms with van der Waals surface area (Å²) < 4.78 is 0. The molecule has 2 atom stereocenters. The number of piperazine rings is 1. The zero-order chi connectivity index (χ0) is 13.7. The topological polar surface area (TPSA) is 32.5 Å². The van der Waals surface area contributed by atoms with Crippen molar-refractivity contribution >= 4 is 0 Å². The highest BCUT2D eigenvalue weighted by Gasteiger charge is 2.22. The van der Waals surface area contributed by atoms with Crippen LogP contribution in [0.5, 0.6) is 0 Å².